The molecule has 1 unspecified atom stereocenters. The van der Waals surface area contributed by atoms with Crippen LogP contribution >= 0.6 is 23.2 Å². The molecular weight excluding hydrogens is 414 g/mol. The van der Waals surface area contributed by atoms with Crippen molar-refractivity contribution in [2.75, 3.05) is 0 Å². The third-order valence-electron chi connectivity index (χ3n) is 4.47. The molecule has 0 aromatic heterocycles. The van der Waals surface area contributed by atoms with Crippen molar-refractivity contribution in [2.24, 2.45) is 0 Å². The predicted molar refractivity (Wildman–Crippen MR) is 114 cm³/mol. The molecular formula is C22H25Cl2FN2O2. The molecule has 0 aliphatic heterocycles. The van der Waals surface area contributed by atoms with Gasteiger partial charge in [0.2, 0.25) is 11.8 Å². The standard InChI is InChI=1S/C22H25Cl2FN2O2/c1-4-20(22(29)26-14(2)3)27(13-16-9-10-17(23)12-18(16)24)21(28)11-15-7-5-6-8-19(15)25/h5-10,12,14,20H,4,11,13H2,1-3H3,(H,26,29). The zero-order valence-corrected chi connectivity index (χ0v) is 18.2. The number of amides is 2. The van der Waals surface area contributed by atoms with Gasteiger partial charge in [-0.15, -0.1) is 0 Å². The van der Waals surface area contributed by atoms with Gasteiger partial charge in [0.25, 0.3) is 0 Å². The smallest absolute Gasteiger partial charge is 0.243 e. The van der Waals surface area contributed by atoms with Crippen LogP contribution in [0, 0.1) is 5.82 Å². The quantitative estimate of drug-likeness (QED) is 0.629. The summed E-state index contributed by atoms with van der Waals surface area (Å²) in [5, 5.41) is 3.74. The number of nitrogens with zero attached hydrogens (tertiary/aromatic N) is 1. The Bertz CT molecular complexity index is 874. The average Bonchev–Trinajstić information content (AvgIpc) is 2.64. The second-order valence-corrected chi connectivity index (χ2v) is 7.96. The topological polar surface area (TPSA) is 49.4 Å². The molecule has 0 radical (unpaired) electrons. The van der Waals surface area contributed by atoms with Crippen molar-refractivity contribution in [2.45, 2.75) is 52.2 Å². The van der Waals surface area contributed by atoms with E-state index < -0.39 is 11.9 Å². The minimum Gasteiger partial charge on any atom is -0.352 e. The lowest BCUT2D eigenvalue weighted by Crippen LogP contribution is -2.50. The molecule has 7 heteroatoms. The second-order valence-electron chi connectivity index (χ2n) is 7.11. The van der Waals surface area contributed by atoms with Crippen LogP contribution in [0.25, 0.3) is 0 Å². The molecule has 2 aromatic carbocycles. The van der Waals surface area contributed by atoms with Gasteiger partial charge in [0.1, 0.15) is 11.9 Å². The first-order valence-corrected chi connectivity index (χ1v) is 10.3. The highest BCUT2D eigenvalue weighted by Gasteiger charge is 2.29. The molecule has 0 aliphatic carbocycles. The maximum atomic E-state index is 14.1. The van der Waals surface area contributed by atoms with Gasteiger partial charge in [-0.25, -0.2) is 4.39 Å². The molecule has 2 amide bonds. The van der Waals surface area contributed by atoms with E-state index in [-0.39, 0.29) is 36.4 Å². The Hall–Kier alpha value is -2.11. The highest BCUT2D eigenvalue weighted by atomic mass is 35.5. The number of nitrogens with one attached hydrogen (secondary N) is 1. The van der Waals surface area contributed by atoms with Gasteiger partial charge in [0, 0.05) is 22.6 Å². The van der Waals surface area contributed by atoms with E-state index in [9.17, 15) is 14.0 Å². The number of benzene rings is 2. The molecule has 29 heavy (non-hydrogen) atoms. The van der Waals surface area contributed by atoms with Crippen molar-refractivity contribution in [3.63, 3.8) is 0 Å². The summed E-state index contributed by atoms with van der Waals surface area (Å²) in [7, 11) is 0. The van der Waals surface area contributed by atoms with E-state index in [1.807, 2.05) is 20.8 Å². The SMILES string of the molecule is CCC(C(=O)NC(C)C)N(Cc1ccc(Cl)cc1Cl)C(=O)Cc1ccccc1F. The number of carbonyl (C=O) groups is 2. The van der Waals surface area contributed by atoms with Gasteiger partial charge in [-0.05, 0) is 49.6 Å². The number of halogens is 3. The number of hydrogen-bond acceptors (Lipinski definition) is 2. The summed E-state index contributed by atoms with van der Waals surface area (Å²) in [6, 6.07) is 10.3. The van der Waals surface area contributed by atoms with Crippen LogP contribution in [0.3, 0.4) is 0 Å². The van der Waals surface area contributed by atoms with E-state index >= 15 is 0 Å². The molecule has 0 spiro atoms. The minimum absolute atomic E-state index is 0.0702. The van der Waals surface area contributed by atoms with Crippen molar-refractivity contribution in [3.05, 3.63) is 69.5 Å². The van der Waals surface area contributed by atoms with Gasteiger partial charge in [-0.2, -0.15) is 0 Å². The zero-order chi connectivity index (χ0) is 21.6. The maximum Gasteiger partial charge on any atom is 0.243 e. The predicted octanol–water partition coefficient (Wildman–Crippen LogP) is 5.01. The van der Waals surface area contributed by atoms with E-state index in [0.29, 0.717) is 22.0 Å². The summed E-state index contributed by atoms with van der Waals surface area (Å²) in [6.07, 6.45) is 0.260. The fourth-order valence-corrected chi connectivity index (χ4v) is 3.51. The van der Waals surface area contributed by atoms with Gasteiger partial charge in [0.15, 0.2) is 0 Å². The fraction of sp³-hybridized carbons (Fsp3) is 0.364. The summed E-state index contributed by atoms with van der Waals surface area (Å²) in [6.45, 7) is 5.66. The normalized spacial score (nSPS) is 12.0. The Morgan fingerprint density at radius 1 is 1.10 bits per heavy atom. The molecule has 0 heterocycles. The van der Waals surface area contributed by atoms with Crippen LogP contribution < -0.4 is 5.32 Å². The summed E-state index contributed by atoms with van der Waals surface area (Å²) < 4.78 is 14.1. The van der Waals surface area contributed by atoms with Gasteiger partial charge in [-0.1, -0.05) is 54.4 Å². The van der Waals surface area contributed by atoms with Crippen molar-refractivity contribution >= 4 is 35.0 Å². The Kier molecular flexibility index (Phi) is 8.47. The average molecular weight is 439 g/mol. The molecule has 0 saturated carbocycles. The van der Waals surface area contributed by atoms with Gasteiger partial charge in [0.05, 0.1) is 6.42 Å². The lowest BCUT2D eigenvalue weighted by Gasteiger charge is -2.31. The maximum absolute atomic E-state index is 14.1. The Balaban J connectivity index is 2.36. The first kappa shape index (κ1) is 23.2. The molecule has 1 atom stereocenters. The highest BCUT2D eigenvalue weighted by Crippen LogP contribution is 2.24. The number of rotatable bonds is 8. The van der Waals surface area contributed by atoms with E-state index in [4.69, 9.17) is 23.2 Å². The Morgan fingerprint density at radius 3 is 2.38 bits per heavy atom. The highest BCUT2D eigenvalue weighted by molar-refractivity contribution is 6.35. The lowest BCUT2D eigenvalue weighted by atomic mass is 10.1. The second kappa shape index (κ2) is 10.6. The molecule has 0 aliphatic rings. The molecule has 156 valence electrons. The summed E-state index contributed by atoms with van der Waals surface area (Å²) in [5.74, 6) is -1.06. The first-order valence-electron chi connectivity index (χ1n) is 9.50. The third-order valence-corrected chi connectivity index (χ3v) is 5.06. The van der Waals surface area contributed by atoms with Gasteiger partial charge >= 0.3 is 0 Å². The van der Waals surface area contributed by atoms with E-state index in [1.165, 1.54) is 11.0 Å². The molecule has 2 aromatic rings. The largest absolute Gasteiger partial charge is 0.352 e. The van der Waals surface area contributed by atoms with Crippen molar-refractivity contribution in [1.29, 1.82) is 0 Å². The molecule has 0 fully saturated rings. The minimum atomic E-state index is -0.705. The van der Waals surface area contributed by atoms with Gasteiger partial charge < -0.3 is 10.2 Å². The van der Waals surface area contributed by atoms with E-state index in [2.05, 4.69) is 5.32 Å². The molecule has 0 saturated heterocycles. The van der Waals surface area contributed by atoms with Crippen molar-refractivity contribution in [3.8, 4) is 0 Å². The van der Waals surface area contributed by atoms with Crippen LogP contribution in [0.1, 0.15) is 38.3 Å². The van der Waals surface area contributed by atoms with Crippen LogP contribution in [-0.4, -0.2) is 28.8 Å². The Labute approximate surface area is 181 Å². The molecule has 4 nitrogen and oxygen atoms in total. The number of hydrogen-bond donors (Lipinski definition) is 1. The monoisotopic (exact) mass is 438 g/mol. The molecule has 1 N–H and O–H groups in total. The summed E-state index contributed by atoms with van der Waals surface area (Å²) in [4.78, 5) is 27.4. The summed E-state index contributed by atoms with van der Waals surface area (Å²) in [5.41, 5.74) is 0.942. The number of carbonyl (C=O) groups excluding carboxylic acids is 2. The van der Waals surface area contributed by atoms with Crippen LogP contribution in [0.2, 0.25) is 10.0 Å². The van der Waals surface area contributed by atoms with E-state index in [1.54, 1.807) is 36.4 Å². The summed E-state index contributed by atoms with van der Waals surface area (Å²) >= 11 is 12.3. The molecule has 0 bridgehead atoms. The van der Waals surface area contributed by atoms with E-state index in [0.717, 1.165) is 0 Å². The fourth-order valence-electron chi connectivity index (χ4n) is 3.04. The van der Waals surface area contributed by atoms with Crippen molar-refractivity contribution < 1.29 is 14.0 Å². The van der Waals surface area contributed by atoms with Gasteiger partial charge in [-0.3, -0.25) is 9.59 Å². The van der Waals surface area contributed by atoms with Crippen LogP contribution in [0.4, 0.5) is 4.39 Å². The van der Waals surface area contributed by atoms with Crippen LogP contribution in [0.15, 0.2) is 42.5 Å². The van der Waals surface area contributed by atoms with Crippen molar-refractivity contribution in [1.82, 2.24) is 10.2 Å². The Morgan fingerprint density at radius 2 is 1.79 bits per heavy atom. The van der Waals surface area contributed by atoms with Crippen LogP contribution in [0.5, 0.6) is 0 Å². The third kappa shape index (κ3) is 6.44. The van der Waals surface area contributed by atoms with Crippen LogP contribution in [-0.2, 0) is 22.6 Å². The lowest BCUT2D eigenvalue weighted by molar-refractivity contribution is -0.141. The first-order chi connectivity index (χ1) is 13.7. The zero-order valence-electron chi connectivity index (χ0n) is 16.7. The molecule has 2 rings (SSSR count).